The van der Waals surface area contributed by atoms with Gasteiger partial charge in [0, 0.05) is 0 Å². The van der Waals surface area contributed by atoms with E-state index in [0.717, 1.165) is 4.48 Å². The standard InChI is InChI=1S/C11H26N.CH2O3/c1-5-6-7-8-9-10-11-12(2,3)4;2-1(3)4/h5-11H2,1-4H3;(H2,2,3,4)/q+1;/p-1. The largest absolute Gasteiger partial charge is 0.565 e. The average Bonchev–Trinajstić information content (AvgIpc) is 2.08. The van der Waals surface area contributed by atoms with Crippen molar-refractivity contribution in [2.24, 2.45) is 0 Å². The molecule has 0 bridgehead atoms. The first-order chi connectivity index (χ1) is 7.29. The van der Waals surface area contributed by atoms with Crippen LogP contribution in [0.4, 0.5) is 4.79 Å². The maximum Gasteiger partial charge on any atom is 0.249 e. The summed E-state index contributed by atoms with van der Waals surface area (Å²) in [6, 6.07) is 0. The van der Waals surface area contributed by atoms with Gasteiger partial charge in [-0.15, -0.1) is 0 Å². The van der Waals surface area contributed by atoms with E-state index < -0.39 is 6.16 Å². The predicted molar refractivity (Wildman–Crippen MR) is 64.3 cm³/mol. The lowest BCUT2D eigenvalue weighted by atomic mass is 10.1. The van der Waals surface area contributed by atoms with Crippen LogP contribution in [-0.2, 0) is 0 Å². The lowest BCUT2D eigenvalue weighted by molar-refractivity contribution is -0.870. The van der Waals surface area contributed by atoms with Gasteiger partial charge >= 0.3 is 0 Å². The van der Waals surface area contributed by atoms with Crippen molar-refractivity contribution >= 4 is 6.16 Å². The minimum atomic E-state index is -2.08. The van der Waals surface area contributed by atoms with Gasteiger partial charge in [-0.05, 0) is 12.8 Å². The van der Waals surface area contributed by atoms with Crippen LogP contribution in [0.25, 0.3) is 0 Å². The number of nitrogens with zero attached hydrogens (tertiary/aromatic N) is 1. The molecule has 4 heteroatoms. The second-order valence-corrected chi connectivity index (χ2v) is 5.05. The molecular weight excluding hydrogens is 206 g/mol. The summed E-state index contributed by atoms with van der Waals surface area (Å²) in [6.07, 6.45) is 6.39. The fourth-order valence-corrected chi connectivity index (χ4v) is 1.37. The molecule has 0 aliphatic heterocycles. The SMILES string of the molecule is CCCCCCCC[N+](C)(C)C.O=C([O-])O. The normalized spacial score (nSPS) is 10.5. The third-order valence-electron chi connectivity index (χ3n) is 2.18. The highest BCUT2D eigenvalue weighted by Crippen LogP contribution is 2.06. The fraction of sp³-hybridized carbons (Fsp3) is 0.917. The fourth-order valence-electron chi connectivity index (χ4n) is 1.37. The number of quaternary nitrogens is 1. The molecule has 0 aliphatic rings. The minimum Gasteiger partial charge on any atom is -0.565 e. The molecule has 0 unspecified atom stereocenters. The topological polar surface area (TPSA) is 60.4 Å². The quantitative estimate of drug-likeness (QED) is 0.540. The number of carboxylic acid groups (broad SMARTS) is 2. The molecule has 0 amide bonds. The van der Waals surface area contributed by atoms with Gasteiger partial charge in [0.25, 0.3) is 0 Å². The zero-order chi connectivity index (χ0) is 13.0. The summed E-state index contributed by atoms with van der Waals surface area (Å²) in [6.45, 7) is 3.60. The van der Waals surface area contributed by atoms with Gasteiger partial charge in [-0.1, -0.05) is 32.6 Å². The van der Waals surface area contributed by atoms with E-state index in [-0.39, 0.29) is 0 Å². The Morgan fingerprint density at radius 3 is 1.81 bits per heavy atom. The van der Waals surface area contributed by atoms with Crippen molar-refractivity contribution in [2.75, 3.05) is 27.7 Å². The summed E-state index contributed by atoms with van der Waals surface area (Å²) in [5, 5.41) is 15.3. The number of carbonyl (C=O) groups is 1. The molecule has 0 aromatic rings. The Morgan fingerprint density at radius 2 is 1.44 bits per heavy atom. The van der Waals surface area contributed by atoms with E-state index in [1.807, 2.05) is 0 Å². The molecule has 0 rings (SSSR count). The van der Waals surface area contributed by atoms with Crippen molar-refractivity contribution in [1.29, 1.82) is 0 Å². The van der Waals surface area contributed by atoms with E-state index in [0.29, 0.717) is 0 Å². The number of hydrogen-bond acceptors (Lipinski definition) is 2. The van der Waals surface area contributed by atoms with Crippen LogP contribution in [0, 0.1) is 0 Å². The van der Waals surface area contributed by atoms with E-state index in [1.54, 1.807) is 0 Å². The third kappa shape index (κ3) is 29.2. The second-order valence-electron chi connectivity index (χ2n) is 5.05. The minimum absolute atomic E-state index is 1.12. The molecule has 0 saturated heterocycles. The number of unbranched alkanes of at least 4 members (excludes halogenated alkanes) is 5. The molecule has 0 fully saturated rings. The lowest BCUT2D eigenvalue weighted by Crippen LogP contribution is -2.35. The van der Waals surface area contributed by atoms with Crippen LogP contribution in [0.15, 0.2) is 0 Å². The van der Waals surface area contributed by atoms with Gasteiger partial charge in [0.2, 0.25) is 6.16 Å². The average molecular weight is 233 g/mol. The monoisotopic (exact) mass is 233 g/mol. The molecule has 0 atom stereocenters. The van der Waals surface area contributed by atoms with Crippen molar-refractivity contribution in [1.82, 2.24) is 0 Å². The van der Waals surface area contributed by atoms with E-state index >= 15 is 0 Å². The van der Waals surface area contributed by atoms with Gasteiger partial charge in [-0.2, -0.15) is 0 Å². The van der Waals surface area contributed by atoms with Gasteiger partial charge in [-0.25, -0.2) is 0 Å². The van der Waals surface area contributed by atoms with Crippen LogP contribution >= 0.6 is 0 Å². The van der Waals surface area contributed by atoms with Gasteiger partial charge < -0.3 is 19.5 Å². The van der Waals surface area contributed by atoms with Crippen LogP contribution in [0.1, 0.15) is 45.4 Å². The molecule has 0 aromatic carbocycles. The van der Waals surface area contributed by atoms with Crippen molar-refractivity contribution in [2.45, 2.75) is 45.4 Å². The Bertz CT molecular complexity index is 160. The van der Waals surface area contributed by atoms with Crippen LogP contribution in [-0.4, -0.2) is 43.4 Å². The molecule has 4 nitrogen and oxygen atoms in total. The van der Waals surface area contributed by atoms with Gasteiger partial charge in [0.05, 0.1) is 27.7 Å². The molecule has 0 radical (unpaired) electrons. The summed E-state index contributed by atoms with van der Waals surface area (Å²) < 4.78 is 1.12. The van der Waals surface area contributed by atoms with Crippen LogP contribution < -0.4 is 5.11 Å². The highest BCUT2D eigenvalue weighted by molar-refractivity contribution is 5.50. The maximum atomic E-state index is 8.44. The molecule has 0 aliphatic carbocycles. The second kappa shape index (κ2) is 10.7. The van der Waals surface area contributed by atoms with Gasteiger partial charge in [0.1, 0.15) is 0 Å². The first-order valence-corrected chi connectivity index (χ1v) is 6.00. The number of hydrogen-bond donors (Lipinski definition) is 1. The Balaban J connectivity index is 0. The first-order valence-electron chi connectivity index (χ1n) is 6.00. The van der Waals surface area contributed by atoms with Crippen LogP contribution in [0.2, 0.25) is 0 Å². The molecular formula is C12H27NO3. The van der Waals surface area contributed by atoms with Gasteiger partial charge in [-0.3, -0.25) is 0 Å². The summed E-state index contributed by atoms with van der Waals surface area (Å²) in [4.78, 5) is 8.44. The summed E-state index contributed by atoms with van der Waals surface area (Å²) in [5.41, 5.74) is 0. The van der Waals surface area contributed by atoms with Crippen molar-refractivity contribution in [3.05, 3.63) is 0 Å². The molecule has 1 N–H and O–H groups in total. The maximum absolute atomic E-state index is 8.44. The first kappa shape index (κ1) is 17.6. The Hall–Kier alpha value is -0.770. The molecule has 98 valence electrons. The van der Waals surface area contributed by atoms with E-state index in [9.17, 15) is 0 Å². The highest BCUT2D eigenvalue weighted by Gasteiger charge is 2.04. The van der Waals surface area contributed by atoms with Crippen LogP contribution in [0.5, 0.6) is 0 Å². The van der Waals surface area contributed by atoms with E-state index in [1.165, 1.54) is 45.1 Å². The smallest absolute Gasteiger partial charge is 0.249 e. The summed E-state index contributed by atoms with van der Waals surface area (Å²) in [7, 11) is 6.81. The molecule has 0 spiro atoms. The Kier molecular flexibility index (Phi) is 11.8. The number of rotatable bonds is 7. The Labute approximate surface area is 99.5 Å². The zero-order valence-electron chi connectivity index (χ0n) is 11.2. The van der Waals surface area contributed by atoms with Crippen molar-refractivity contribution in [3.8, 4) is 0 Å². The van der Waals surface area contributed by atoms with Gasteiger partial charge in [0.15, 0.2) is 0 Å². The third-order valence-corrected chi connectivity index (χ3v) is 2.18. The highest BCUT2D eigenvalue weighted by atomic mass is 16.6. The van der Waals surface area contributed by atoms with E-state index in [4.69, 9.17) is 15.0 Å². The summed E-state index contributed by atoms with van der Waals surface area (Å²) >= 11 is 0. The van der Waals surface area contributed by atoms with Crippen molar-refractivity contribution in [3.63, 3.8) is 0 Å². The van der Waals surface area contributed by atoms with Crippen LogP contribution in [0.3, 0.4) is 0 Å². The molecule has 0 aromatic heterocycles. The lowest BCUT2D eigenvalue weighted by Gasteiger charge is -2.23. The predicted octanol–water partition coefficient (Wildman–Crippen LogP) is 1.94. The Morgan fingerprint density at radius 1 is 1.06 bits per heavy atom. The molecule has 0 saturated carbocycles. The van der Waals surface area contributed by atoms with Crippen molar-refractivity contribution < 1.29 is 19.5 Å². The molecule has 0 heterocycles. The zero-order valence-corrected chi connectivity index (χ0v) is 11.2. The van der Waals surface area contributed by atoms with E-state index in [2.05, 4.69) is 28.1 Å². The summed E-state index contributed by atoms with van der Waals surface area (Å²) in [5.74, 6) is 0. The molecule has 16 heavy (non-hydrogen) atoms.